The van der Waals surface area contributed by atoms with E-state index in [0.29, 0.717) is 17.0 Å². The average Bonchev–Trinajstić information content (AvgIpc) is 2.18. The minimum atomic E-state index is -0.467. The highest BCUT2D eigenvalue weighted by atomic mass is 19.1. The lowest BCUT2D eigenvalue weighted by atomic mass is 9.99. The van der Waals surface area contributed by atoms with E-state index in [1.54, 1.807) is 11.8 Å². The van der Waals surface area contributed by atoms with Crippen molar-refractivity contribution in [2.45, 2.75) is 13.8 Å². The number of aryl methyl sites for hydroxylation is 1. The molecule has 86 valence electrons. The number of hydrogen-bond acceptors (Lipinski definition) is 2. The van der Waals surface area contributed by atoms with E-state index in [0.717, 1.165) is 13.1 Å². The van der Waals surface area contributed by atoms with Gasteiger partial charge >= 0.3 is 0 Å². The van der Waals surface area contributed by atoms with Gasteiger partial charge in [0.15, 0.2) is 0 Å². The van der Waals surface area contributed by atoms with Crippen molar-refractivity contribution in [3.8, 4) is 0 Å². The third-order valence-electron chi connectivity index (χ3n) is 2.93. The van der Waals surface area contributed by atoms with Gasteiger partial charge in [0.1, 0.15) is 5.82 Å². The monoisotopic (exact) mass is 222 g/mol. The molecule has 16 heavy (non-hydrogen) atoms. The fourth-order valence-corrected chi connectivity index (χ4v) is 1.95. The first-order valence-electron chi connectivity index (χ1n) is 5.34. The molecule has 0 aromatic heterocycles. The van der Waals surface area contributed by atoms with Gasteiger partial charge in [0.25, 0.3) is 5.91 Å². The van der Waals surface area contributed by atoms with E-state index in [1.807, 2.05) is 0 Å². The van der Waals surface area contributed by atoms with Crippen molar-refractivity contribution in [1.82, 2.24) is 4.90 Å². The first-order chi connectivity index (χ1) is 7.49. The topological polar surface area (TPSA) is 46.3 Å². The van der Waals surface area contributed by atoms with E-state index in [1.165, 1.54) is 12.1 Å². The lowest BCUT2D eigenvalue weighted by molar-refractivity contribution is 0.0529. The van der Waals surface area contributed by atoms with Crippen molar-refractivity contribution in [1.29, 1.82) is 0 Å². The number of benzene rings is 1. The average molecular weight is 222 g/mol. The van der Waals surface area contributed by atoms with E-state index < -0.39 is 5.82 Å². The third kappa shape index (κ3) is 1.75. The molecule has 0 atom stereocenters. The highest BCUT2D eigenvalue weighted by Gasteiger charge is 2.28. The van der Waals surface area contributed by atoms with Crippen molar-refractivity contribution >= 4 is 11.6 Å². The van der Waals surface area contributed by atoms with Crippen molar-refractivity contribution < 1.29 is 9.18 Å². The highest BCUT2D eigenvalue weighted by molar-refractivity contribution is 5.97. The van der Waals surface area contributed by atoms with Gasteiger partial charge in [-0.3, -0.25) is 4.79 Å². The van der Waals surface area contributed by atoms with Crippen LogP contribution in [0.25, 0.3) is 0 Å². The Labute approximate surface area is 94.0 Å². The molecule has 0 radical (unpaired) electrons. The smallest absolute Gasteiger partial charge is 0.254 e. The Kier molecular flexibility index (Phi) is 2.58. The maximum Gasteiger partial charge on any atom is 0.254 e. The lowest BCUT2D eigenvalue weighted by Crippen LogP contribution is -2.48. The summed E-state index contributed by atoms with van der Waals surface area (Å²) in [5.74, 6) is 0.0374. The van der Waals surface area contributed by atoms with Crippen LogP contribution in [0, 0.1) is 18.7 Å². The van der Waals surface area contributed by atoms with Crippen LogP contribution in [0.2, 0.25) is 0 Å². The molecule has 2 rings (SSSR count). The Morgan fingerprint density at radius 1 is 1.50 bits per heavy atom. The van der Waals surface area contributed by atoms with Gasteiger partial charge in [-0.1, -0.05) is 6.92 Å². The van der Waals surface area contributed by atoms with Crippen molar-refractivity contribution in [2.75, 3.05) is 18.8 Å². The first-order valence-corrected chi connectivity index (χ1v) is 5.34. The minimum absolute atomic E-state index is 0.0301. The fourth-order valence-electron chi connectivity index (χ4n) is 1.95. The molecule has 1 saturated heterocycles. The molecule has 0 saturated carbocycles. The summed E-state index contributed by atoms with van der Waals surface area (Å²) in [5, 5.41) is 0. The Balaban J connectivity index is 2.27. The molecule has 0 spiro atoms. The van der Waals surface area contributed by atoms with Crippen molar-refractivity contribution in [3.63, 3.8) is 0 Å². The third-order valence-corrected chi connectivity index (χ3v) is 2.93. The number of anilines is 1. The SMILES string of the molecule is Cc1cc(F)c(N)cc1C(=O)N1CC(C)C1. The number of amides is 1. The Morgan fingerprint density at radius 3 is 2.69 bits per heavy atom. The number of nitrogen functional groups attached to an aromatic ring is 1. The van der Waals surface area contributed by atoms with Gasteiger partial charge in [-0.05, 0) is 30.5 Å². The number of carbonyl (C=O) groups excluding carboxylic acids is 1. The summed E-state index contributed by atoms with van der Waals surface area (Å²) in [6, 6.07) is 2.74. The minimum Gasteiger partial charge on any atom is -0.396 e. The van der Waals surface area contributed by atoms with Crippen LogP contribution in [0.5, 0.6) is 0 Å². The van der Waals surface area contributed by atoms with Crippen LogP contribution in [-0.2, 0) is 0 Å². The summed E-state index contributed by atoms with van der Waals surface area (Å²) in [4.78, 5) is 13.8. The van der Waals surface area contributed by atoms with Crippen LogP contribution in [0.4, 0.5) is 10.1 Å². The van der Waals surface area contributed by atoms with Crippen LogP contribution in [-0.4, -0.2) is 23.9 Å². The van der Waals surface area contributed by atoms with E-state index in [-0.39, 0.29) is 11.6 Å². The lowest BCUT2D eigenvalue weighted by Gasteiger charge is -2.37. The number of nitrogens with zero attached hydrogens (tertiary/aromatic N) is 1. The molecule has 0 aliphatic carbocycles. The summed E-state index contributed by atoms with van der Waals surface area (Å²) in [6.45, 7) is 5.36. The zero-order valence-electron chi connectivity index (χ0n) is 9.46. The van der Waals surface area contributed by atoms with Crippen LogP contribution >= 0.6 is 0 Å². The van der Waals surface area contributed by atoms with Crippen LogP contribution < -0.4 is 5.73 Å². The maximum absolute atomic E-state index is 13.1. The second-order valence-corrected chi connectivity index (χ2v) is 4.50. The summed E-state index contributed by atoms with van der Waals surface area (Å²) in [5.41, 5.74) is 6.64. The normalized spacial score (nSPS) is 16.1. The molecule has 1 aliphatic heterocycles. The van der Waals surface area contributed by atoms with Gasteiger partial charge < -0.3 is 10.6 Å². The molecule has 1 amide bonds. The molecule has 1 heterocycles. The largest absolute Gasteiger partial charge is 0.396 e. The summed E-state index contributed by atoms with van der Waals surface area (Å²) >= 11 is 0. The van der Waals surface area contributed by atoms with Crippen LogP contribution in [0.3, 0.4) is 0 Å². The molecular formula is C12H15FN2O. The number of nitrogens with two attached hydrogens (primary N) is 1. The summed E-state index contributed by atoms with van der Waals surface area (Å²) in [7, 11) is 0. The number of likely N-dealkylation sites (tertiary alicyclic amines) is 1. The van der Waals surface area contributed by atoms with Gasteiger partial charge in [-0.2, -0.15) is 0 Å². The predicted molar refractivity (Wildman–Crippen MR) is 60.6 cm³/mol. The number of rotatable bonds is 1. The zero-order valence-corrected chi connectivity index (χ0v) is 9.46. The van der Waals surface area contributed by atoms with Crippen LogP contribution in [0.15, 0.2) is 12.1 Å². The molecule has 0 unspecified atom stereocenters. The zero-order chi connectivity index (χ0) is 11.9. The molecular weight excluding hydrogens is 207 g/mol. The Hall–Kier alpha value is -1.58. The highest BCUT2D eigenvalue weighted by Crippen LogP contribution is 2.22. The van der Waals surface area contributed by atoms with Crippen molar-refractivity contribution in [2.24, 2.45) is 5.92 Å². The molecule has 4 heteroatoms. The summed E-state index contributed by atoms with van der Waals surface area (Å²) < 4.78 is 13.1. The molecule has 1 aromatic rings. The van der Waals surface area contributed by atoms with E-state index in [9.17, 15) is 9.18 Å². The second kappa shape index (κ2) is 3.77. The first kappa shape index (κ1) is 10.9. The Bertz CT molecular complexity index is 439. The van der Waals surface area contributed by atoms with E-state index in [4.69, 9.17) is 5.73 Å². The molecule has 2 N–H and O–H groups in total. The Morgan fingerprint density at radius 2 is 2.12 bits per heavy atom. The number of carbonyl (C=O) groups is 1. The fraction of sp³-hybridized carbons (Fsp3) is 0.417. The van der Waals surface area contributed by atoms with Gasteiger partial charge in [0.05, 0.1) is 5.69 Å². The maximum atomic E-state index is 13.1. The molecule has 1 aromatic carbocycles. The van der Waals surface area contributed by atoms with Crippen molar-refractivity contribution in [3.05, 3.63) is 29.1 Å². The second-order valence-electron chi connectivity index (χ2n) is 4.50. The molecule has 1 fully saturated rings. The van der Waals surface area contributed by atoms with Gasteiger partial charge in [0, 0.05) is 18.7 Å². The van der Waals surface area contributed by atoms with Gasteiger partial charge in [-0.15, -0.1) is 0 Å². The molecule has 1 aliphatic rings. The molecule has 0 bridgehead atoms. The van der Waals surface area contributed by atoms with E-state index >= 15 is 0 Å². The number of hydrogen-bond donors (Lipinski definition) is 1. The summed E-state index contributed by atoms with van der Waals surface area (Å²) in [6.07, 6.45) is 0. The molecule has 3 nitrogen and oxygen atoms in total. The van der Waals surface area contributed by atoms with Gasteiger partial charge in [-0.25, -0.2) is 4.39 Å². The standard InChI is InChI=1S/C12H15FN2O/c1-7-5-15(6-7)12(16)9-4-11(14)10(13)3-8(9)2/h3-4,7H,5-6,14H2,1-2H3. The van der Waals surface area contributed by atoms with Crippen LogP contribution in [0.1, 0.15) is 22.8 Å². The quantitative estimate of drug-likeness (QED) is 0.736. The van der Waals surface area contributed by atoms with E-state index in [2.05, 4.69) is 6.92 Å². The van der Waals surface area contributed by atoms with Gasteiger partial charge in [0.2, 0.25) is 0 Å². The predicted octanol–water partition coefficient (Wildman–Crippen LogP) is 1.81. The number of halogens is 1.